The van der Waals surface area contributed by atoms with Crippen molar-refractivity contribution in [3.05, 3.63) is 22.4 Å². The van der Waals surface area contributed by atoms with Crippen LogP contribution in [0.4, 0.5) is 0 Å². The Morgan fingerprint density at radius 1 is 1.44 bits per heavy atom. The summed E-state index contributed by atoms with van der Waals surface area (Å²) in [5, 5.41) is 11.4. The van der Waals surface area contributed by atoms with E-state index in [0.29, 0.717) is 19.6 Å². The second-order valence-electron chi connectivity index (χ2n) is 4.46. The topological polar surface area (TPSA) is 69.8 Å². The molecule has 18 heavy (non-hydrogen) atoms. The highest BCUT2D eigenvalue weighted by atomic mass is 32.1. The van der Waals surface area contributed by atoms with Gasteiger partial charge in [0.25, 0.3) is 5.91 Å². The van der Waals surface area contributed by atoms with E-state index in [1.165, 1.54) is 11.3 Å². The van der Waals surface area contributed by atoms with Crippen LogP contribution < -0.4 is 5.73 Å². The molecule has 0 radical (unpaired) electrons. The zero-order chi connectivity index (χ0) is 13.0. The van der Waals surface area contributed by atoms with Crippen LogP contribution in [-0.2, 0) is 0 Å². The first-order valence-corrected chi connectivity index (χ1v) is 7.02. The van der Waals surface area contributed by atoms with Crippen molar-refractivity contribution in [2.45, 2.75) is 6.10 Å². The Bertz CT molecular complexity index is 375. The molecule has 1 aromatic heterocycles. The number of nitrogens with zero attached hydrogens (tertiary/aromatic N) is 2. The third-order valence-corrected chi connectivity index (χ3v) is 3.99. The number of amides is 1. The molecular formula is C12H19N3O2S. The first-order chi connectivity index (χ1) is 8.70. The Morgan fingerprint density at radius 2 is 2.17 bits per heavy atom. The van der Waals surface area contributed by atoms with Crippen LogP contribution >= 0.6 is 11.3 Å². The summed E-state index contributed by atoms with van der Waals surface area (Å²) >= 11 is 1.48. The van der Waals surface area contributed by atoms with Crippen molar-refractivity contribution in [1.29, 1.82) is 0 Å². The normalized spacial score (nSPS) is 18.9. The lowest BCUT2D eigenvalue weighted by molar-refractivity contribution is 0.0545. The van der Waals surface area contributed by atoms with Crippen molar-refractivity contribution in [2.24, 2.45) is 5.73 Å². The Morgan fingerprint density at radius 3 is 2.72 bits per heavy atom. The molecule has 1 aromatic rings. The Labute approximate surface area is 111 Å². The monoisotopic (exact) mass is 269 g/mol. The van der Waals surface area contributed by atoms with E-state index < -0.39 is 6.10 Å². The summed E-state index contributed by atoms with van der Waals surface area (Å²) in [6, 6.07) is 3.75. The van der Waals surface area contributed by atoms with Gasteiger partial charge in [-0.3, -0.25) is 9.69 Å². The van der Waals surface area contributed by atoms with E-state index in [1.54, 1.807) is 0 Å². The largest absolute Gasteiger partial charge is 0.390 e. The third kappa shape index (κ3) is 3.29. The van der Waals surface area contributed by atoms with Gasteiger partial charge in [-0.2, -0.15) is 0 Å². The van der Waals surface area contributed by atoms with Crippen molar-refractivity contribution < 1.29 is 9.90 Å². The molecule has 2 rings (SSSR count). The summed E-state index contributed by atoms with van der Waals surface area (Å²) in [6.45, 7) is 3.91. The van der Waals surface area contributed by atoms with E-state index >= 15 is 0 Å². The molecule has 0 aliphatic carbocycles. The van der Waals surface area contributed by atoms with Crippen LogP contribution in [0.25, 0.3) is 0 Å². The van der Waals surface area contributed by atoms with E-state index in [4.69, 9.17) is 5.73 Å². The summed E-state index contributed by atoms with van der Waals surface area (Å²) in [7, 11) is 0. The molecule has 2 heterocycles. The highest BCUT2D eigenvalue weighted by Gasteiger charge is 2.23. The van der Waals surface area contributed by atoms with Crippen LogP contribution in [0.15, 0.2) is 17.5 Å². The van der Waals surface area contributed by atoms with Gasteiger partial charge in [0.15, 0.2) is 0 Å². The zero-order valence-corrected chi connectivity index (χ0v) is 11.1. The van der Waals surface area contributed by atoms with E-state index in [1.807, 2.05) is 22.4 Å². The summed E-state index contributed by atoms with van der Waals surface area (Å²) in [6.07, 6.45) is -0.468. The quantitative estimate of drug-likeness (QED) is 0.796. The van der Waals surface area contributed by atoms with Crippen LogP contribution in [0.3, 0.4) is 0 Å². The first-order valence-electron chi connectivity index (χ1n) is 6.14. The molecule has 0 bridgehead atoms. The van der Waals surface area contributed by atoms with Crippen LogP contribution in [0.2, 0.25) is 0 Å². The average molecular weight is 269 g/mol. The number of hydrogen-bond donors (Lipinski definition) is 2. The molecule has 0 spiro atoms. The van der Waals surface area contributed by atoms with Crippen LogP contribution in [-0.4, -0.2) is 66.2 Å². The van der Waals surface area contributed by atoms with Gasteiger partial charge in [0.05, 0.1) is 11.0 Å². The number of aliphatic hydroxyl groups excluding tert-OH is 1. The van der Waals surface area contributed by atoms with Crippen LogP contribution in [0.5, 0.6) is 0 Å². The van der Waals surface area contributed by atoms with Crippen molar-refractivity contribution in [3.63, 3.8) is 0 Å². The highest BCUT2D eigenvalue weighted by molar-refractivity contribution is 7.12. The molecular weight excluding hydrogens is 250 g/mol. The van der Waals surface area contributed by atoms with Gasteiger partial charge >= 0.3 is 0 Å². The number of piperazine rings is 1. The first kappa shape index (κ1) is 13.5. The van der Waals surface area contributed by atoms with Gasteiger partial charge in [0, 0.05) is 39.3 Å². The van der Waals surface area contributed by atoms with Gasteiger partial charge in [-0.15, -0.1) is 11.3 Å². The number of thiophene rings is 1. The molecule has 3 N–H and O–H groups in total. The fourth-order valence-corrected chi connectivity index (χ4v) is 2.75. The van der Waals surface area contributed by atoms with Crippen molar-refractivity contribution in [1.82, 2.24) is 9.80 Å². The van der Waals surface area contributed by atoms with Gasteiger partial charge in [-0.1, -0.05) is 6.07 Å². The SMILES string of the molecule is NCC(O)CN1CCN(C(=O)c2cccs2)CC1. The summed E-state index contributed by atoms with van der Waals surface area (Å²) in [4.78, 5) is 16.9. The Balaban J connectivity index is 1.81. The molecule has 6 heteroatoms. The second-order valence-corrected chi connectivity index (χ2v) is 5.41. The lowest BCUT2D eigenvalue weighted by Crippen LogP contribution is -2.51. The lowest BCUT2D eigenvalue weighted by Gasteiger charge is -2.35. The molecule has 0 aromatic carbocycles. The molecule has 1 amide bonds. The van der Waals surface area contributed by atoms with E-state index in [9.17, 15) is 9.90 Å². The van der Waals surface area contributed by atoms with Gasteiger partial charge in [-0.25, -0.2) is 0 Å². The van der Waals surface area contributed by atoms with Crippen molar-refractivity contribution in [2.75, 3.05) is 39.3 Å². The smallest absolute Gasteiger partial charge is 0.264 e. The zero-order valence-electron chi connectivity index (χ0n) is 10.3. The number of carbonyl (C=O) groups is 1. The number of rotatable bonds is 4. The minimum absolute atomic E-state index is 0.115. The molecule has 1 fully saturated rings. The number of β-amino-alcohol motifs (C(OH)–C–C–N with tert-alkyl or cyclic N) is 1. The summed E-state index contributed by atoms with van der Waals surface area (Å²) in [5.74, 6) is 0.115. The number of carbonyl (C=O) groups excluding carboxylic acids is 1. The summed E-state index contributed by atoms with van der Waals surface area (Å²) in [5.41, 5.74) is 5.39. The maximum absolute atomic E-state index is 12.1. The molecule has 1 atom stereocenters. The fraction of sp³-hybridized carbons (Fsp3) is 0.583. The number of nitrogens with two attached hydrogens (primary N) is 1. The molecule has 1 aliphatic rings. The molecule has 5 nitrogen and oxygen atoms in total. The average Bonchev–Trinajstić information content (AvgIpc) is 2.92. The number of aliphatic hydroxyl groups is 1. The standard InChI is InChI=1S/C12H19N3O2S/c13-8-10(16)9-14-3-5-15(6-4-14)12(17)11-2-1-7-18-11/h1-2,7,10,16H,3-6,8-9,13H2. The van der Waals surface area contributed by atoms with E-state index in [-0.39, 0.29) is 12.5 Å². The maximum Gasteiger partial charge on any atom is 0.264 e. The van der Waals surface area contributed by atoms with E-state index in [0.717, 1.165) is 18.0 Å². The molecule has 100 valence electrons. The Hall–Kier alpha value is -0.950. The van der Waals surface area contributed by atoms with Gasteiger partial charge < -0.3 is 15.7 Å². The highest BCUT2D eigenvalue weighted by Crippen LogP contribution is 2.13. The minimum Gasteiger partial charge on any atom is -0.390 e. The van der Waals surface area contributed by atoms with Crippen LogP contribution in [0, 0.1) is 0 Å². The fourth-order valence-electron chi connectivity index (χ4n) is 2.06. The predicted molar refractivity (Wildman–Crippen MR) is 71.7 cm³/mol. The Kier molecular flexibility index (Phi) is 4.71. The van der Waals surface area contributed by atoms with Gasteiger partial charge in [-0.05, 0) is 11.4 Å². The predicted octanol–water partition coefficient (Wildman–Crippen LogP) is -0.174. The van der Waals surface area contributed by atoms with Crippen LogP contribution in [0.1, 0.15) is 9.67 Å². The molecule has 1 unspecified atom stereocenters. The second kappa shape index (κ2) is 6.29. The molecule has 1 saturated heterocycles. The van der Waals surface area contributed by atoms with Gasteiger partial charge in [0.1, 0.15) is 0 Å². The van der Waals surface area contributed by atoms with Crippen molar-refractivity contribution in [3.8, 4) is 0 Å². The van der Waals surface area contributed by atoms with Gasteiger partial charge in [0.2, 0.25) is 0 Å². The minimum atomic E-state index is -0.468. The van der Waals surface area contributed by atoms with Crippen molar-refractivity contribution >= 4 is 17.2 Å². The maximum atomic E-state index is 12.1. The lowest BCUT2D eigenvalue weighted by atomic mass is 10.2. The number of hydrogen-bond acceptors (Lipinski definition) is 5. The molecule has 1 aliphatic heterocycles. The molecule has 0 saturated carbocycles. The van der Waals surface area contributed by atoms with E-state index in [2.05, 4.69) is 4.90 Å². The summed E-state index contributed by atoms with van der Waals surface area (Å²) < 4.78 is 0. The third-order valence-electron chi connectivity index (χ3n) is 3.13.